The Morgan fingerprint density at radius 2 is 2.19 bits per heavy atom. The molecule has 0 atom stereocenters. The van der Waals surface area contributed by atoms with E-state index >= 15 is 0 Å². The second-order valence-corrected chi connectivity index (χ2v) is 3.42. The summed E-state index contributed by atoms with van der Waals surface area (Å²) in [5.74, 6) is 0.747. The van der Waals surface area contributed by atoms with Gasteiger partial charge in [0, 0.05) is 32.2 Å². The molecule has 1 N–H and O–H groups in total. The molecule has 0 aliphatic carbocycles. The number of rotatable bonds is 1. The smallest absolute Gasteiger partial charge is 0.407 e. The average Bonchev–Trinajstić information content (AvgIpc) is 2.77. The monoisotopic (exact) mass is 222 g/mol. The maximum atomic E-state index is 10.7. The van der Waals surface area contributed by atoms with Crippen molar-refractivity contribution in [2.45, 2.75) is 0 Å². The van der Waals surface area contributed by atoms with Crippen molar-refractivity contribution in [3.8, 4) is 6.07 Å². The SMILES string of the molecule is N#Cc1cc(N2CCN(C(=O)O)CC2)no1. The van der Waals surface area contributed by atoms with Crippen LogP contribution in [-0.2, 0) is 0 Å². The number of hydrogen-bond donors (Lipinski definition) is 1. The highest BCUT2D eigenvalue weighted by atomic mass is 16.5. The lowest BCUT2D eigenvalue weighted by atomic mass is 10.3. The summed E-state index contributed by atoms with van der Waals surface area (Å²) in [6.45, 7) is 1.99. The van der Waals surface area contributed by atoms with Crippen molar-refractivity contribution in [1.82, 2.24) is 10.1 Å². The topological polar surface area (TPSA) is 93.6 Å². The molecule has 7 nitrogen and oxygen atoms in total. The highest BCUT2D eigenvalue weighted by molar-refractivity contribution is 5.65. The van der Waals surface area contributed by atoms with Crippen LogP contribution in [0.4, 0.5) is 10.6 Å². The highest BCUT2D eigenvalue weighted by Gasteiger charge is 2.22. The molecule has 1 amide bonds. The minimum absolute atomic E-state index is 0.163. The van der Waals surface area contributed by atoms with Crippen molar-refractivity contribution in [3.63, 3.8) is 0 Å². The second kappa shape index (κ2) is 4.10. The maximum absolute atomic E-state index is 10.7. The van der Waals surface area contributed by atoms with Gasteiger partial charge in [0.25, 0.3) is 0 Å². The third kappa shape index (κ3) is 1.91. The van der Waals surface area contributed by atoms with Crippen LogP contribution in [0.25, 0.3) is 0 Å². The van der Waals surface area contributed by atoms with Crippen LogP contribution in [0.2, 0.25) is 0 Å². The van der Waals surface area contributed by atoms with E-state index in [4.69, 9.17) is 14.9 Å². The van der Waals surface area contributed by atoms with Gasteiger partial charge in [0.05, 0.1) is 0 Å². The Hall–Kier alpha value is -2.23. The van der Waals surface area contributed by atoms with Crippen LogP contribution < -0.4 is 4.90 Å². The summed E-state index contributed by atoms with van der Waals surface area (Å²) in [5.41, 5.74) is 0. The first kappa shape index (κ1) is 10.3. The average molecular weight is 222 g/mol. The van der Waals surface area contributed by atoms with Gasteiger partial charge in [-0.3, -0.25) is 0 Å². The third-order valence-corrected chi connectivity index (χ3v) is 2.48. The summed E-state index contributed by atoms with van der Waals surface area (Å²) >= 11 is 0. The van der Waals surface area contributed by atoms with Crippen molar-refractivity contribution >= 4 is 11.9 Å². The predicted molar refractivity (Wildman–Crippen MR) is 53.0 cm³/mol. The van der Waals surface area contributed by atoms with Crippen LogP contribution in [0.15, 0.2) is 10.6 Å². The molecular formula is C9H10N4O3. The van der Waals surface area contributed by atoms with Gasteiger partial charge < -0.3 is 19.4 Å². The van der Waals surface area contributed by atoms with Crippen molar-refractivity contribution in [3.05, 3.63) is 11.8 Å². The zero-order valence-electron chi connectivity index (χ0n) is 8.46. The molecule has 1 aliphatic heterocycles. The van der Waals surface area contributed by atoms with E-state index in [0.717, 1.165) is 0 Å². The Kier molecular flexibility index (Phi) is 2.64. The number of piperazine rings is 1. The third-order valence-electron chi connectivity index (χ3n) is 2.48. The molecule has 0 bridgehead atoms. The molecule has 1 aromatic rings. The molecule has 0 saturated carbocycles. The fraction of sp³-hybridized carbons (Fsp3) is 0.444. The zero-order valence-corrected chi connectivity index (χ0v) is 8.46. The summed E-state index contributed by atoms with van der Waals surface area (Å²) in [6.07, 6.45) is -0.905. The van der Waals surface area contributed by atoms with Crippen LogP contribution in [-0.4, -0.2) is 47.4 Å². The van der Waals surface area contributed by atoms with Crippen molar-refractivity contribution < 1.29 is 14.4 Å². The first-order valence-electron chi connectivity index (χ1n) is 4.80. The predicted octanol–water partition coefficient (Wildman–Crippen LogP) is 0.346. The molecule has 16 heavy (non-hydrogen) atoms. The van der Waals surface area contributed by atoms with Gasteiger partial charge in [-0.15, -0.1) is 0 Å². The van der Waals surface area contributed by atoms with Crippen LogP contribution in [0.3, 0.4) is 0 Å². The lowest BCUT2D eigenvalue weighted by Gasteiger charge is -2.32. The Bertz CT molecular complexity index is 428. The molecule has 2 rings (SSSR count). The van der Waals surface area contributed by atoms with E-state index in [0.29, 0.717) is 32.0 Å². The fourth-order valence-electron chi connectivity index (χ4n) is 1.59. The Labute approximate surface area is 91.4 Å². The summed E-state index contributed by atoms with van der Waals surface area (Å²) in [7, 11) is 0. The largest absolute Gasteiger partial charge is 0.465 e. The molecule has 0 unspecified atom stereocenters. The molecule has 1 aliphatic rings. The van der Waals surface area contributed by atoms with E-state index in [1.807, 2.05) is 11.0 Å². The molecule has 1 saturated heterocycles. The van der Waals surface area contributed by atoms with Crippen molar-refractivity contribution in [1.29, 1.82) is 5.26 Å². The Morgan fingerprint density at radius 1 is 1.50 bits per heavy atom. The van der Waals surface area contributed by atoms with E-state index < -0.39 is 6.09 Å². The molecule has 2 heterocycles. The Balaban J connectivity index is 1.99. The summed E-state index contributed by atoms with van der Waals surface area (Å²) in [6, 6.07) is 3.41. The molecule has 0 radical (unpaired) electrons. The number of anilines is 1. The lowest BCUT2D eigenvalue weighted by molar-refractivity contribution is 0.142. The number of hydrogen-bond acceptors (Lipinski definition) is 5. The lowest BCUT2D eigenvalue weighted by Crippen LogP contribution is -2.48. The van der Waals surface area contributed by atoms with Gasteiger partial charge in [-0.2, -0.15) is 5.26 Å². The van der Waals surface area contributed by atoms with E-state index in [1.165, 1.54) is 4.90 Å². The van der Waals surface area contributed by atoms with Crippen LogP contribution >= 0.6 is 0 Å². The van der Waals surface area contributed by atoms with Gasteiger partial charge in [0.15, 0.2) is 5.82 Å². The maximum Gasteiger partial charge on any atom is 0.407 e. The van der Waals surface area contributed by atoms with E-state index in [-0.39, 0.29) is 5.76 Å². The van der Waals surface area contributed by atoms with Gasteiger partial charge in [0.1, 0.15) is 6.07 Å². The normalized spacial score (nSPS) is 15.9. The van der Waals surface area contributed by atoms with Crippen LogP contribution in [0.1, 0.15) is 5.76 Å². The Morgan fingerprint density at radius 3 is 2.69 bits per heavy atom. The van der Waals surface area contributed by atoms with Crippen molar-refractivity contribution in [2.75, 3.05) is 31.1 Å². The number of aromatic nitrogens is 1. The number of carbonyl (C=O) groups is 1. The standard InChI is InChI=1S/C9H10N4O3/c10-6-7-5-8(11-16-7)12-1-3-13(4-2-12)9(14)15/h5H,1-4H2,(H,14,15). The first-order chi connectivity index (χ1) is 7.70. The second-order valence-electron chi connectivity index (χ2n) is 3.42. The van der Waals surface area contributed by atoms with Gasteiger partial charge in [-0.25, -0.2) is 4.79 Å². The quantitative estimate of drug-likeness (QED) is 0.736. The van der Waals surface area contributed by atoms with Crippen molar-refractivity contribution in [2.24, 2.45) is 0 Å². The fourth-order valence-corrected chi connectivity index (χ4v) is 1.59. The molecule has 1 fully saturated rings. The number of nitrogens with zero attached hydrogens (tertiary/aromatic N) is 4. The van der Waals surface area contributed by atoms with E-state index in [1.54, 1.807) is 6.07 Å². The minimum atomic E-state index is -0.905. The van der Waals surface area contributed by atoms with Crippen LogP contribution in [0, 0.1) is 11.3 Å². The minimum Gasteiger partial charge on any atom is -0.465 e. The molecule has 84 valence electrons. The van der Waals surface area contributed by atoms with Gasteiger partial charge in [0.2, 0.25) is 5.76 Å². The first-order valence-corrected chi connectivity index (χ1v) is 4.80. The molecule has 0 spiro atoms. The van der Waals surface area contributed by atoms with Gasteiger partial charge in [-0.1, -0.05) is 5.16 Å². The number of amides is 1. The molecular weight excluding hydrogens is 212 g/mol. The molecule has 7 heteroatoms. The molecule has 1 aromatic heterocycles. The number of carboxylic acid groups (broad SMARTS) is 1. The highest BCUT2D eigenvalue weighted by Crippen LogP contribution is 2.15. The summed E-state index contributed by atoms with van der Waals surface area (Å²) < 4.78 is 4.76. The van der Waals surface area contributed by atoms with Gasteiger partial charge >= 0.3 is 6.09 Å². The van der Waals surface area contributed by atoms with E-state index in [2.05, 4.69) is 5.16 Å². The van der Waals surface area contributed by atoms with Gasteiger partial charge in [-0.05, 0) is 0 Å². The zero-order chi connectivity index (χ0) is 11.5. The summed E-state index contributed by atoms with van der Waals surface area (Å²) in [4.78, 5) is 13.9. The number of nitriles is 1. The van der Waals surface area contributed by atoms with E-state index in [9.17, 15) is 4.79 Å². The summed E-state index contributed by atoms with van der Waals surface area (Å²) in [5, 5.41) is 21.1. The van der Waals surface area contributed by atoms with Crippen LogP contribution in [0.5, 0.6) is 0 Å². The molecule has 0 aromatic carbocycles.